The van der Waals surface area contributed by atoms with Crippen molar-refractivity contribution in [1.82, 2.24) is 9.80 Å². The summed E-state index contributed by atoms with van der Waals surface area (Å²) in [5, 5.41) is 0. The van der Waals surface area contributed by atoms with E-state index in [0.29, 0.717) is 46.1 Å². The molecule has 36 heavy (non-hydrogen) atoms. The highest BCUT2D eigenvalue weighted by Gasteiger charge is 2.29. The van der Waals surface area contributed by atoms with Gasteiger partial charge in [-0.3, -0.25) is 0 Å². The normalized spacial score (nSPS) is 12.6. The third kappa shape index (κ3) is 7.70. The molecule has 0 N–H and O–H groups in total. The van der Waals surface area contributed by atoms with E-state index in [4.69, 9.17) is 18.9 Å². The minimum absolute atomic E-state index is 0.0394. The van der Waals surface area contributed by atoms with Crippen LogP contribution in [-0.4, -0.2) is 87.8 Å². The maximum absolute atomic E-state index is 12.5. The van der Waals surface area contributed by atoms with Gasteiger partial charge in [-0.05, 0) is 43.0 Å². The number of carbonyl (C=O) groups excluding carboxylic acids is 2. The number of fused-ring (bicyclic) bond motifs is 3. The molecule has 2 aromatic carbocycles. The van der Waals surface area contributed by atoms with E-state index in [9.17, 15) is 9.59 Å². The quantitative estimate of drug-likeness (QED) is 0.416. The first-order valence-electron chi connectivity index (χ1n) is 12.3. The van der Waals surface area contributed by atoms with Crippen molar-refractivity contribution >= 4 is 12.2 Å². The smallest absolute Gasteiger partial charge is 0.410 e. The monoisotopic (exact) mass is 498 g/mol. The van der Waals surface area contributed by atoms with Crippen LogP contribution in [0.4, 0.5) is 9.59 Å². The second-order valence-electron chi connectivity index (χ2n) is 9.85. The summed E-state index contributed by atoms with van der Waals surface area (Å²) in [4.78, 5) is 27.4. The average molecular weight is 499 g/mol. The van der Waals surface area contributed by atoms with Gasteiger partial charge in [0.05, 0.1) is 26.4 Å². The Morgan fingerprint density at radius 1 is 0.750 bits per heavy atom. The van der Waals surface area contributed by atoms with Crippen LogP contribution in [0, 0.1) is 0 Å². The molecular weight excluding hydrogens is 460 g/mol. The van der Waals surface area contributed by atoms with Crippen molar-refractivity contribution < 1.29 is 28.5 Å². The highest BCUT2D eigenvalue weighted by Crippen LogP contribution is 2.44. The Kier molecular flexibility index (Phi) is 9.73. The number of carbonyl (C=O) groups is 2. The van der Waals surface area contributed by atoms with Gasteiger partial charge in [-0.15, -0.1) is 0 Å². The molecular formula is C28H38N2O6. The van der Waals surface area contributed by atoms with Crippen molar-refractivity contribution in [1.29, 1.82) is 0 Å². The minimum Gasteiger partial charge on any atom is -0.448 e. The van der Waals surface area contributed by atoms with Gasteiger partial charge >= 0.3 is 12.2 Å². The van der Waals surface area contributed by atoms with Crippen LogP contribution in [0.25, 0.3) is 11.1 Å². The number of likely N-dealkylation sites (N-methyl/N-ethyl adjacent to an activating group) is 2. The molecule has 196 valence electrons. The lowest BCUT2D eigenvalue weighted by atomic mass is 9.98. The highest BCUT2D eigenvalue weighted by molar-refractivity contribution is 5.79. The van der Waals surface area contributed by atoms with E-state index in [2.05, 4.69) is 24.3 Å². The molecule has 0 atom stereocenters. The predicted molar refractivity (Wildman–Crippen MR) is 138 cm³/mol. The van der Waals surface area contributed by atoms with Gasteiger partial charge in [-0.2, -0.15) is 0 Å². The summed E-state index contributed by atoms with van der Waals surface area (Å²) in [6.07, 6.45) is -0.750. The summed E-state index contributed by atoms with van der Waals surface area (Å²) in [5.74, 6) is 0.0394. The zero-order valence-corrected chi connectivity index (χ0v) is 22.0. The number of hydrogen-bond donors (Lipinski definition) is 0. The molecule has 0 fully saturated rings. The fourth-order valence-electron chi connectivity index (χ4n) is 3.95. The first-order chi connectivity index (χ1) is 17.2. The van der Waals surface area contributed by atoms with Crippen LogP contribution in [0.1, 0.15) is 37.8 Å². The third-order valence-corrected chi connectivity index (χ3v) is 5.87. The van der Waals surface area contributed by atoms with Crippen molar-refractivity contribution in [3.63, 3.8) is 0 Å². The molecule has 0 saturated carbocycles. The largest absolute Gasteiger partial charge is 0.448 e. The third-order valence-electron chi connectivity index (χ3n) is 5.87. The summed E-state index contributed by atoms with van der Waals surface area (Å²) >= 11 is 0. The van der Waals surface area contributed by atoms with E-state index in [1.54, 1.807) is 14.1 Å². The van der Waals surface area contributed by atoms with Gasteiger partial charge < -0.3 is 28.7 Å². The predicted octanol–water partition coefficient (Wildman–Crippen LogP) is 4.77. The molecule has 0 aromatic heterocycles. The standard InChI is InChI=1S/C28H38N2O6/c1-28(2,3)36-27(32)30(5)15-17-34-19-18-33-16-14-29(4)26(31)35-20-25-23-12-8-6-10-21(23)22-11-7-9-13-24(22)25/h6-13,25H,14-20H2,1-5H3. The van der Waals surface area contributed by atoms with Gasteiger partial charge in [-0.1, -0.05) is 48.5 Å². The zero-order chi connectivity index (χ0) is 26.1. The summed E-state index contributed by atoms with van der Waals surface area (Å²) < 4.78 is 22.0. The second kappa shape index (κ2) is 12.7. The first kappa shape index (κ1) is 27.5. The molecule has 0 spiro atoms. The second-order valence-corrected chi connectivity index (χ2v) is 9.85. The van der Waals surface area contributed by atoms with Gasteiger partial charge in [0.15, 0.2) is 0 Å². The number of amides is 2. The summed E-state index contributed by atoms with van der Waals surface area (Å²) in [7, 11) is 3.37. The Balaban J connectivity index is 1.29. The Bertz CT molecular complexity index is 974. The van der Waals surface area contributed by atoms with Crippen LogP contribution in [0.15, 0.2) is 48.5 Å². The zero-order valence-electron chi connectivity index (χ0n) is 22.0. The Hall–Kier alpha value is -3.10. The number of benzene rings is 2. The lowest BCUT2D eigenvalue weighted by Gasteiger charge is -2.24. The fourth-order valence-corrected chi connectivity index (χ4v) is 3.95. The maximum atomic E-state index is 12.5. The molecule has 0 heterocycles. The Morgan fingerprint density at radius 3 is 1.72 bits per heavy atom. The topological polar surface area (TPSA) is 77.5 Å². The van der Waals surface area contributed by atoms with Crippen LogP contribution in [0.2, 0.25) is 0 Å². The van der Waals surface area contributed by atoms with Crippen LogP contribution >= 0.6 is 0 Å². The molecule has 1 aliphatic carbocycles. The van der Waals surface area contributed by atoms with Crippen molar-refractivity contribution in [2.45, 2.75) is 32.3 Å². The molecule has 1 aliphatic rings. The summed E-state index contributed by atoms with van der Waals surface area (Å²) in [6, 6.07) is 16.5. The molecule has 0 aliphatic heterocycles. The van der Waals surface area contributed by atoms with Gasteiger partial charge in [-0.25, -0.2) is 9.59 Å². The molecule has 8 heteroatoms. The SMILES string of the molecule is CN(CCOCCOCCN(C)C(=O)OC(C)(C)C)C(=O)OCC1c2ccccc2-c2ccccc21. The van der Waals surface area contributed by atoms with Crippen molar-refractivity contribution in [3.8, 4) is 11.1 Å². The lowest BCUT2D eigenvalue weighted by Crippen LogP contribution is -2.36. The number of nitrogens with zero attached hydrogens (tertiary/aromatic N) is 2. The van der Waals surface area contributed by atoms with Crippen molar-refractivity contribution in [2.75, 3.05) is 60.2 Å². The average Bonchev–Trinajstić information content (AvgIpc) is 3.16. The maximum Gasteiger partial charge on any atom is 0.410 e. The fraction of sp³-hybridized carbons (Fsp3) is 0.500. The van der Waals surface area contributed by atoms with Crippen LogP contribution in [0.5, 0.6) is 0 Å². The van der Waals surface area contributed by atoms with Gasteiger partial charge in [0.1, 0.15) is 12.2 Å². The first-order valence-corrected chi connectivity index (χ1v) is 12.3. The van der Waals surface area contributed by atoms with Gasteiger partial charge in [0, 0.05) is 33.1 Å². The van der Waals surface area contributed by atoms with Crippen LogP contribution in [-0.2, 0) is 18.9 Å². The van der Waals surface area contributed by atoms with E-state index < -0.39 is 5.60 Å². The summed E-state index contributed by atoms with van der Waals surface area (Å²) in [6.45, 7) is 8.19. The molecule has 0 saturated heterocycles. The molecule has 0 bridgehead atoms. The molecule has 3 rings (SSSR count). The Labute approximate surface area is 214 Å². The number of ether oxygens (including phenoxy) is 4. The number of hydrogen-bond acceptors (Lipinski definition) is 6. The van der Waals surface area contributed by atoms with Gasteiger partial charge in [0.25, 0.3) is 0 Å². The summed E-state index contributed by atoms with van der Waals surface area (Å²) in [5.41, 5.74) is 4.27. The van der Waals surface area contributed by atoms with Crippen molar-refractivity contribution in [2.24, 2.45) is 0 Å². The molecule has 8 nitrogen and oxygen atoms in total. The van der Waals surface area contributed by atoms with Crippen LogP contribution in [0.3, 0.4) is 0 Å². The molecule has 2 aromatic rings. The Morgan fingerprint density at radius 2 is 1.22 bits per heavy atom. The van der Waals surface area contributed by atoms with E-state index in [1.807, 2.05) is 45.0 Å². The minimum atomic E-state index is -0.521. The van der Waals surface area contributed by atoms with Crippen LogP contribution < -0.4 is 0 Å². The molecule has 0 radical (unpaired) electrons. The lowest BCUT2D eigenvalue weighted by molar-refractivity contribution is 0.0142. The molecule has 2 amide bonds. The van der Waals surface area contributed by atoms with Gasteiger partial charge in [0.2, 0.25) is 0 Å². The van der Waals surface area contributed by atoms with E-state index >= 15 is 0 Å². The van der Waals surface area contributed by atoms with Crippen molar-refractivity contribution in [3.05, 3.63) is 59.7 Å². The van der Waals surface area contributed by atoms with E-state index in [1.165, 1.54) is 32.1 Å². The highest BCUT2D eigenvalue weighted by atomic mass is 16.6. The van der Waals surface area contributed by atoms with E-state index in [-0.39, 0.29) is 18.1 Å². The number of rotatable bonds is 11. The van der Waals surface area contributed by atoms with E-state index in [0.717, 1.165) is 0 Å². The molecule has 0 unspecified atom stereocenters.